The Bertz CT molecular complexity index is 665. The van der Waals surface area contributed by atoms with Crippen LogP contribution in [-0.4, -0.2) is 60.6 Å². The standard InChI is InChI=1S/C14H19BrN2O4S/c1-10-9-16(7-8-17(10)22(2,20)21)13(14(18)19)11-5-3-4-6-12(11)15/h3-6,10,13H,7-9H2,1-2H3,(H,18,19)/t10-,13?/m1/s1. The Balaban J connectivity index is 2.26. The van der Waals surface area contributed by atoms with E-state index in [4.69, 9.17) is 0 Å². The third kappa shape index (κ3) is 3.68. The predicted molar refractivity (Wildman–Crippen MR) is 87.1 cm³/mol. The molecule has 0 radical (unpaired) electrons. The van der Waals surface area contributed by atoms with E-state index in [-0.39, 0.29) is 6.04 Å². The Morgan fingerprint density at radius 3 is 2.50 bits per heavy atom. The largest absolute Gasteiger partial charge is 0.480 e. The second kappa shape index (κ2) is 6.66. The minimum atomic E-state index is -3.27. The molecule has 1 N–H and O–H groups in total. The molecule has 1 aromatic carbocycles. The van der Waals surface area contributed by atoms with E-state index < -0.39 is 22.0 Å². The highest BCUT2D eigenvalue weighted by Gasteiger charge is 2.36. The first-order valence-electron chi connectivity index (χ1n) is 6.90. The van der Waals surface area contributed by atoms with Gasteiger partial charge in [-0.2, -0.15) is 4.31 Å². The number of carboxylic acid groups (broad SMARTS) is 1. The molecule has 2 atom stereocenters. The quantitative estimate of drug-likeness (QED) is 0.843. The van der Waals surface area contributed by atoms with E-state index in [2.05, 4.69) is 15.9 Å². The summed E-state index contributed by atoms with van der Waals surface area (Å²) in [4.78, 5) is 13.6. The van der Waals surface area contributed by atoms with Gasteiger partial charge in [0, 0.05) is 30.1 Å². The molecule has 0 saturated carbocycles. The van der Waals surface area contributed by atoms with Crippen LogP contribution in [0, 0.1) is 0 Å². The van der Waals surface area contributed by atoms with Gasteiger partial charge in [-0.1, -0.05) is 34.1 Å². The van der Waals surface area contributed by atoms with E-state index in [1.807, 2.05) is 11.0 Å². The van der Waals surface area contributed by atoms with Crippen molar-refractivity contribution in [2.75, 3.05) is 25.9 Å². The summed E-state index contributed by atoms with van der Waals surface area (Å²) in [5.41, 5.74) is 0.676. The highest BCUT2D eigenvalue weighted by molar-refractivity contribution is 9.10. The first-order valence-corrected chi connectivity index (χ1v) is 9.54. The number of hydrogen-bond donors (Lipinski definition) is 1. The number of halogens is 1. The third-order valence-electron chi connectivity index (χ3n) is 3.82. The van der Waals surface area contributed by atoms with Gasteiger partial charge in [0.15, 0.2) is 0 Å². The van der Waals surface area contributed by atoms with Crippen LogP contribution in [0.15, 0.2) is 28.7 Å². The van der Waals surface area contributed by atoms with E-state index in [9.17, 15) is 18.3 Å². The summed E-state index contributed by atoms with van der Waals surface area (Å²) < 4.78 is 25.6. The van der Waals surface area contributed by atoms with Crippen LogP contribution < -0.4 is 0 Å². The molecule has 0 spiro atoms. The van der Waals surface area contributed by atoms with Gasteiger partial charge in [-0.25, -0.2) is 8.42 Å². The molecule has 1 saturated heterocycles. The van der Waals surface area contributed by atoms with Crippen molar-refractivity contribution in [3.8, 4) is 0 Å². The topological polar surface area (TPSA) is 77.9 Å². The molecular formula is C14H19BrN2O4S. The van der Waals surface area contributed by atoms with Crippen molar-refractivity contribution in [1.82, 2.24) is 9.21 Å². The van der Waals surface area contributed by atoms with Crippen LogP contribution in [0.1, 0.15) is 18.5 Å². The lowest BCUT2D eigenvalue weighted by molar-refractivity contribution is -0.144. The van der Waals surface area contributed by atoms with Gasteiger partial charge in [-0.15, -0.1) is 0 Å². The van der Waals surface area contributed by atoms with Crippen molar-refractivity contribution in [2.45, 2.75) is 19.0 Å². The van der Waals surface area contributed by atoms with Gasteiger partial charge < -0.3 is 5.11 Å². The fourth-order valence-corrected chi connectivity index (χ4v) is 4.51. The van der Waals surface area contributed by atoms with E-state index in [1.165, 1.54) is 10.6 Å². The van der Waals surface area contributed by atoms with Gasteiger partial charge in [0.25, 0.3) is 0 Å². The van der Waals surface area contributed by atoms with Crippen LogP contribution in [0.3, 0.4) is 0 Å². The molecule has 1 heterocycles. The zero-order chi connectivity index (χ0) is 16.5. The highest BCUT2D eigenvalue weighted by Crippen LogP contribution is 2.30. The van der Waals surface area contributed by atoms with Crippen molar-refractivity contribution < 1.29 is 18.3 Å². The summed E-state index contributed by atoms with van der Waals surface area (Å²) in [6.45, 7) is 2.86. The summed E-state index contributed by atoms with van der Waals surface area (Å²) in [5.74, 6) is -0.938. The fraction of sp³-hybridized carbons (Fsp3) is 0.500. The average molecular weight is 391 g/mol. The molecule has 22 heavy (non-hydrogen) atoms. The maximum absolute atomic E-state index is 11.7. The fourth-order valence-electron chi connectivity index (χ4n) is 2.88. The molecule has 8 heteroatoms. The molecule has 0 bridgehead atoms. The van der Waals surface area contributed by atoms with E-state index >= 15 is 0 Å². The lowest BCUT2D eigenvalue weighted by Gasteiger charge is -2.41. The van der Waals surface area contributed by atoms with E-state index in [0.717, 1.165) is 4.47 Å². The smallest absolute Gasteiger partial charge is 0.325 e. The first-order chi connectivity index (χ1) is 10.2. The number of nitrogens with zero attached hydrogens (tertiary/aromatic N) is 2. The number of carboxylic acids is 1. The summed E-state index contributed by atoms with van der Waals surface area (Å²) >= 11 is 3.39. The molecule has 0 aromatic heterocycles. The summed E-state index contributed by atoms with van der Waals surface area (Å²) in [5, 5.41) is 9.62. The lowest BCUT2D eigenvalue weighted by atomic mass is 10.0. The predicted octanol–water partition coefficient (Wildman–Crippen LogP) is 1.54. The van der Waals surface area contributed by atoms with Crippen LogP contribution in [0.5, 0.6) is 0 Å². The summed E-state index contributed by atoms with van der Waals surface area (Å²) in [6.07, 6.45) is 1.18. The van der Waals surface area contributed by atoms with E-state index in [0.29, 0.717) is 25.2 Å². The Morgan fingerprint density at radius 2 is 2.00 bits per heavy atom. The van der Waals surface area contributed by atoms with Crippen molar-refractivity contribution in [1.29, 1.82) is 0 Å². The van der Waals surface area contributed by atoms with Crippen molar-refractivity contribution in [3.63, 3.8) is 0 Å². The van der Waals surface area contributed by atoms with Crippen LogP contribution in [-0.2, 0) is 14.8 Å². The third-order valence-corrected chi connectivity index (χ3v) is 5.94. The molecule has 6 nitrogen and oxygen atoms in total. The molecular weight excluding hydrogens is 372 g/mol. The van der Waals surface area contributed by atoms with Crippen LogP contribution >= 0.6 is 15.9 Å². The molecule has 2 rings (SSSR count). The highest BCUT2D eigenvalue weighted by atomic mass is 79.9. The molecule has 1 aliphatic heterocycles. The zero-order valence-corrected chi connectivity index (χ0v) is 14.8. The SMILES string of the molecule is C[C@@H]1CN(C(C(=O)O)c2ccccc2Br)CCN1S(C)(=O)=O. The van der Waals surface area contributed by atoms with Gasteiger partial charge in [0.2, 0.25) is 10.0 Å². The van der Waals surface area contributed by atoms with Gasteiger partial charge in [-0.3, -0.25) is 9.69 Å². The number of aliphatic carboxylic acids is 1. The van der Waals surface area contributed by atoms with Crippen molar-refractivity contribution in [2.24, 2.45) is 0 Å². The number of rotatable bonds is 4. The van der Waals surface area contributed by atoms with Crippen molar-refractivity contribution >= 4 is 31.9 Å². The Hall–Kier alpha value is -0.960. The molecule has 1 unspecified atom stereocenters. The van der Waals surface area contributed by atoms with Gasteiger partial charge in [0.1, 0.15) is 6.04 Å². The number of sulfonamides is 1. The van der Waals surface area contributed by atoms with Gasteiger partial charge in [-0.05, 0) is 18.6 Å². The second-order valence-corrected chi connectivity index (χ2v) is 8.27. The van der Waals surface area contributed by atoms with Crippen LogP contribution in [0.2, 0.25) is 0 Å². The molecule has 0 amide bonds. The average Bonchev–Trinajstić information content (AvgIpc) is 2.39. The maximum Gasteiger partial charge on any atom is 0.325 e. The molecule has 1 aliphatic rings. The second-order valence-electron chi connectivity index (χ2n) is 5.48. The summed E-state index contributed by atoms with van der Waals surface area (Å²) in [6, 6.07) is 6.16. The Morgan fingerprint density at radius 1 is 1.36 bits per heavy atom. The number of carbonyl (C=O) groups is 1. The maximum atomic E-state index is 11.7. The van der Waals surface area contributed by atoms with E-state index in [1.54, 1.807) is 25.1 Å². The lowest BCUT2D eigenvalue weighted by Crippen LogP contribution is -2.55. The Labute approximate surface area is 138 Å². The normalized spacial score (nSPS) is 22.4. The zero-order valence-electron chi connectivity index (χ0n) is 12.4. The van der Waals surface area contributed by atoms with Gasteiger partial charge in [0.05, 0.1) is 6.26 Å². The van der Waals surface area contributed by atoms with Crippen LogP contribution in [0.4, 0.5) is 0 Å². The molecule has 1 fully saturated rings. The van der Waals surface area contributed by atoms with Crippen LogP contribution in [0.25, 0.3) is 0 Å². The molecule has 1 aromatic rings. The number of hydrogen-bond acceptors (Lipinski definition) is 4. The van der Waals surface area contributed by atoms with Gasteiger partial charge >= 0.3 is 5.97 Å². The number of piperazine rings is 1. The minimum absolute atomic E-state index is 0.256. The molecule has 122 valence electrons. The Kier molecular flexibility index (Phi) is 5.26. The summed E-state index contributed by atoms with van der Waals surface area (Å²) in [7, 11) is -3.27. The monoisotopic (exact) mass is 390 g/mol. The first kappa shape index (κ1) is 17.4. The molecule has 0 aliphatic carbocycles. The van der Waals surface area contributed by atoms with Crippen molar-refractivity contribution in [3.05, 3.63) is 34.3 Å². The number of benzene rings is 1. The minimum Gasteiger partial charge on any atom is -0.480 e.